The van der Waals surface area contributed by atoms with Crippen LogP contribution in [0.3, 0.4) is 0 Å². The van der Waals surface area contributed by atoms with Crippen molar-refractivity contribution in [3.63, 3.8) is 0 Å². The number of unbranched alkanes of at least 4 members (excludes halogenated alkanes) is 16. The highest BCUT2D eigenvalue weighted by molar-refractivity contribution is 5.71. The molecular formula is C73H114O6. The third kappa shape index (κ3) is 63.5. The average Bonchev–Trinajstić information content (AvgIpc) is 3.45. The summed E-state index contributed by atoms with van der Waals surface area (Å²) >= 11 is 0. The van der Waals surface area contributed by atoms with Gasteiger partial charge in [0.25, 0.3) is 0 Å². The van der Waals surface area contributed by atoms with Crippen molar-refractivity contribution in [3.05, 3.63) is 170 Å². The molecular weight excluding hydrogens is 973 g/mol. The molecule has 1 unspecified atom stereocenters. The monoisotopic (exact) mass is 1090 g/mol. The third-order valence-electron chi connectivity index (χ3n) is 12.7. The van der Waals surface area contributed by atoms with Crippen LogP contribution < -0.4 is 0 Å². The van der Waals surface area contributed by atoms with E-state index in [1.54, 1.807) is 0 Å². The summed E-state index contributed by atoms with van der Waals surface area (Å²) < 4.78 is 16.9. The van der Waals surface area contributed by atoms with Crippen LogP contribution in [0, 0.1) is 0 Å². The number of allylic oxidation sites excluding steroid dienone is 28. The lowest BCUT2D eigenvalue weighted by Gasteiger charge is -2.18. The number of hydrogen-bond donors (Lipinski definition) is 0. The Balaban J connectivity index is 4.51. The van der Waals surface area contributed by atoms with Gasteiger partial charge in [-0.05, 0) is 148 Å². The Kier molecular flexibility index (Phi) is 61.0. The SMILES string of the molecule is CC/C=C\C/C=C\C/C=C\C/C=C\C/C=C\C/C=C\CCCCCCC(=O)OCC(COC(=O)CCCCCCC/C=C\C/C=C\C/C=C\CC)OC(=O)CCCCCCCCC/C=C\C/C=C\C/C=C\C/C=C\C/C=C\CC. The largest absolute Gasteiger partial charge is 0.462 e. The van der Waals surface area contributed by atoms with Crippen LogP contribution in [0.2, 0.25) is 0 Å². The molecule has 1 atom stereocenters. The van der Waals surface area contributed by atoms with Crippen molar-refractivity contribution in [1.29, 1.82) is 0 Å². The van der Waals surface area contributed by atoms with Gasteiger partial charge in [0, 0.05) is 19.3 Å². The Morgan fingerprint density at radius 1 is 0.253 bits per heavy atom. The van der Waals surface area contributed by atoms with Gasteiger partial charge >= 0.3 is 17.9 Å². The van der Waals surface area contributed by atoms with Gasteiger partial charge in [0.05, 0.1) is 0 Å². The molecule has 442 valence electrons. The summed E-state index contributed by atoms with van der Waals surface area (Å²) in [5.74, 6) is -0.965. The fourth-order valence-corrected chi connectivity index (χ4v) is 8.07. The Bertz CT molecular complexity index is 1820. The topological polar surface area (TPSA) is 78.9 Å². The summed E-state index contributed by atoms with van der Waals surface area (Å²) in [4.78, 5) is 38.3. The summed E-state index contributed by atoms with van der Waals surface area (Å²) in [7, 11) is 0. The van der Waals surface area contributed by atoms with Crippen LogP contribution in [0.15, 0.2) is 170 Å². The van der Waals surface area contributed by atoms with Crippen molar-refractivity contribution < 1.29 is 28.6 Å². The molecule has 0 rings (SSSR count). The van der Waals surface area contributed by atoms with Crippen molar-refractivity contribution in [3.8, 4) is 0 Å². The van der Waals surface area contributed by atoms with Gasteiger partial charge in [0.1, 0.15) is 13.2 Å². The maximum Gasteiger partial charge on any atom is 0.306 e. The minimum atomic E-state index is -0.814. The highest BCUT2D eigenvalue weighted by Gasteiger charge is 2.19. The zero-order valence-electron chi connectivity index (χ0n) is 50.6. The summed E-state index contributed by atoms with van der Waals surface area (Å²) in [6.07, 6.45) is 96.3. The lowest BCUT2D eigenvalue weighted by atomic mass is 10.1. The zero-order valence-corrected chi connectivity index (χ0v) is 50.6. The molecule has 0 aromatic carbocycles. The van der Waals surface area contributed by atoms with Gasteiger partial charge in [-0.25, -0.2) is 0 Å². The fraction of sp³-hybridized carbons (Fsp3) is 0.575. The van der Waals surface area contributed by atoms with Crippen LogP contribution in [-0.2, 0) is 28.6 Å². The first kappa shape index (κ1) is 73.8. The maximum absolute atomic E-state index is 12.9. The predicted molar refractivity (Wildman–Crippen MR) is 343 cm³/mol. The molecule has 0 aliphatic heterocycles. The number of rotatable bonds is 55. The summed E-state index contributed by atoms with van der Waals surface area (Å²) in [6, 6.07) is 0. The minimum Gasteiger partial charge on any atom is -0.462 e. The van der Waals surface area contributed by atoms with E-state index in [9.17, 15) is 14.4 Å². The van der Waals surface area contributed by atoms with E-state index in [2.05, 4.69) is 191 Å². The molecule has 0 amide bonds. The van der Waals surface area contributed by atoms with E-state index >= 15 is 0 Å². The second kappa shape index (κ2) is 65.3. The molecule has 0 aliphatic carbocycles. The smallest absolute Gasteiger partial charge is 0.306 e. The number of carbonyl (C=O) groups is 3. The first-order valence-electron chi connectivity index (χ1n) is 31.6. The Morgan fingerprint density at radius 3 is 0.709 bits per heavy atom. The van der Waals surface area contributed by atoms with Crippen molar-refractivity contribution >= 4 is 17.9 Å². The molecule has 6 heteroatoms. The van der Waals surface area contributed by atoms with Gasteiger partial charge in [-0.2, -0.15) is 0 Å². The lowest BCUT2D eigenvalue weighted by Crippen LogP contribution is -2.30. The van der Waals surface area contributed by atoms with E-state index in [1.807, 2.05) is 0 Å². The van der Waals surface area contributed by atoms with Crippen LogP contribution in [0.25, 0.3) is 0 Å². The van der Waals surface area contributed by atoms with Crippen LogP contribution in [0.4, 0.5) is 0 Å². The Labute approximate surface area is 485 Å². The molecule has 0 bridgehead atoms. The molecule has 6 nitrogen and oxygen atoms in total. The van der Waals surface area contributed by atoms with Gasteiger partial charge in [-0.3, -0.25) is 14.4 Å². The molecule has 0 N–H and O–H groups in total. The van der Waals surface area contributed by atoms with Gasteiger partial charge in [0.2, 0.25) is 0 Å². The molecule has 0 heterocycles. The fourth-order valence-electron chi connectivity index (χ4n) is 8.07. The highest BCUT2D eigenvalue weighted by atomic mass is 16.6. The molecule has 0 spiro atoms. The normalized spacial score (nSPS) is 13.3. The molecule has 0 saturated carbocycles. The van der Waals surface area contributed by atoms with Crippen LogP contribution in [0.5, 0.6) is 0 Å². The van der Waals surface area contributed by atoms with Gasteiger partial charge in [0.15, 0.2) is 6.10 Å². The average molecular weight is 1090 g/mol. The van der Waals surface area contributed by atoms with Crippen molar-refractivity contribution in [1.82, 2.24) is 0 Å². The van der Waals surface area contributed by atoms with E-state index in [1.165, 1.54) is 19.3 Å². The van der Waals surface area contributed by atoms with Gasteiger partial charge in [-0.1, -0.05) is 255 Å². The van der Waals surface area contributed by atoms with Crippen LogP contribution in [0.1, 0.15) is 252 Å². The third-order valence-corrected chi connectivity index (χ3v) is 12.7. The number of hydrogen-bond acceptors (Lipinski definition) is 6. The summed E-state index contributed by atoms with van der Waals surface area (Å²) in [6.45, 7) is 6.25. The van der Waals surface area contributed by atoms with E-state index in [-0.39, 0.29) is 31.1 Å². The van der Waals surface area contributed by atoms with Gasteiger partial charge < -0.3 is 14.2 Å². The molecule has 0 fully saturated rings. The standard InChI is InChI=1S/C73H114O6/c1-4-7-10-13-16-19-22-25-28-30-32-34-36-38-40-42-45-48-51-54-57-60-63-66-72(75)78-69-70(68-77-71(74)65-62-59-56-53-50-47-44-27-24-21-18-15-12-9-6-3)79-73(76)67-64-61-58-55-52-49-46-43-41-39-37-35-33-31-29-26-23-20-17-14-11-8-5-2/h7-12,16-21,25-29,32-35,38-41,44-45,48,70H,4-6,13-15,22-24,30-31,36-37,42-43,46-47,49-69H2,1-3H3/b10-7-,11-8-,12-9-,19-16-,20-17-,21-18-,28-25-,29-26-,34-32-,35-33-,40-38-,41-39-,44-27-,48-45-. The molecule has 0 aliphatic rings. The van der Waals surface area contributed by atoms with Crippen LogP contribution >= 0.6 is 0 Å². The van der Waals surface area contributed by atoms with E-state index in [4.69, 9.17) is 14.2 Å². The quantitative estimate of drug-likeness (QED) is 0.0261. The van der Waals surface area contributed by atoms with E-state index in [0.717, 1.165) is 193 Å². The van der Waals surface area contributed by atoms with Crippen molar-refractivity contribution in [2.75, 3.05) is 13.2 Å². The molecule has 0 saturated heterocycles. The number of esters is 3. The van der Waals surface area contributed by atoms with Crippen LogP contribution in [-0.4, -0.2) is 37.2 Å². The summed E-state index contributed by atoms with van der Waals surface area (Å²) in [5, 5.41) is 0. The molecule has 79 heavy (non-hydrogen) atoms. The second-order valence-corrected chi connectivity index (χ2v) is 20.2. The number of carbonyl (C=O) groups excluding carboxylic acids is 3. The Hall–Kier alpha value is -5.23. The predicted octanol–water partition coefficient (Wildman–Crippen LogP) is 21.9. The maximum atomic E-state index is 12.9. The zero-order chi connectivity index (χ0) is 57.1. The highest BCUT2D eigenvalue weighted by Crippen LogP contribution is 2.14. The molecule has 0 aromatic heterocycles. The van der Waals surface area contributed by atoms with Gasteiger partial charge in [-0.15, -0.1) is 0 Å². The molecule has 0 aromatic rings. The summed E-state index contributed by atoms with van der Waals surface area (Å²) in [5.41, 5.74) is 0. The first-order chi connectivity index (χ1) is 39.0. The second-order valence-electron chi connectivity index (χ2n) is 20.2. The van der Waals surface area contributed by atoms with E-state index < -0.39 is 6.10 Å². The Morgan fingerprint density at radius 2 is 0.456 bits per heavy atom. The number of ether oxygens (including phenoxy) is 3. The lowest BCUT2D eigenvalue weighted by molar-refractivity contribution is -0.167. The van der Waals surface area contributed by atoms with Crippen molar-refractivity contribution in [2.24, 2.45) is 0 Å². The minimum absolute atomic E-state index is 0.108. The molecule has 0 radical (unpaired) electrons. The first-order valence-corrected chi connectivity index (χ1v) is 31.6. The van der Waals surface area contributed by atoms with Crippen molar-refractivity contribution in [2.45, 2.75) is 258 Å². The van der Waals surface area contributed by atoms with E-state index in [0.29, 0.717) is 19.3 Å².